The summed E-state index contributed by atoms with van der Waals surface area (Å²) < 4.78 is 0. The normalized spacial score (nSPS) is 14.1. The number of carbonyl (C=O) groups excluding carboxylic acids is 1. The molecule has 0 aliphatic carbocycles. The SMILES string of the molecule is N#Cc1ccccc1NC(=O)N1CCN(c2cccc(Cl)c2Cl)CC1. The van der Waals surface area contributed by atoms with Crippen LogP contribution in [0.5, 0.6) is 0 Å². The Morgan fingerprint density at radius 3 is 2.48 bits per heavy atom. The molecule has 0 saturated carbocycles. The zero-order chi connectivity index (χ0) is 17.8. The third-order valence-corrected chi connectivity index (χ3v) is 4.94. The van der Waals surface area contributed by atoms with Crippen LogP contribution in [0.3, 0.4) is 0 Å². The summed E-state index contributed by atoms with van der Waals surface area (Å²) >= 11 is 12.3. The fourth-order valence-corrected chi connectivity index (χ4v) is 3.19. The molecule has 128 valence electrons. The average molecular weight is 375 g/mol. The summed E-state index contributed by atoms with van der Waals surface area (Å²) in [5.41, 5.74) is 1.85. The van der Waals surface area contributed by atoms with E-state index < -0.39 is 0 Å². The van der Waals surface area contributed by atoms with E-state index in [1.807, 2.05) is 12.1 Å². The van der Waals surface area contributed by atoms with Crippen LogP contribution < -0.4 is 10.2 Å². The first-order valence-electron chi connectivity index (χ1n) is 7.84. The van der Waals surface area contributed by atoms with Gasteiger partial charge in [0.2, 0.25) is 0 Å². The predicted octanol–water partition coefficient (Wildman–Crippen LogP) is 4.22. The van der Waals surface area contributed by atoms with Crippen molar-refractivity contribution in [3.63, 3.8) is 0 Å². The lowest BCUT2D eigenvalue weighted by molar-refractivity contribution is 0.208. The summed E-state index contributed by atoms with van der Waals surface area (Å²) in [4.78, 5) is 16.3. The van der Waals surface area contributed by atoms with Crippen molar-refractivity contribution >= 4 is 40.6 Å². The van der Waals surface area contributed by atoms with E-state index in [1.54, 1.807) is 35.2 Å². The largest absolute Gasteiger partial charge is 0.367 e. The van der Waals surface area contributed by atoms with Crippen LogP contribution in [0.2, 0.25) is 10.0 Å². The number of nitrogens with one attached hydrogen (secondary N) is 1. The highest BCUT2D eigenvalue weighted by atomic mass is 35.5. The number of para-hydroxylation sites is 1. The summed E-state index contributed by atoms with van der Waals surface area (Å²) in [5, 5.41) is 13.0. The van der Waals surface area contributed by atoms with Crippen LogP contribution in [-0.2, 0) is 0 Å². The molecule has 5 nitrogen and oxygen atoms in total. The van der Waals surface area contributed by atoms with E-state index in [2.05, 4.69) is 16.3 Å². The summed E-state index contributed by atoms with van der Waals surface area (Å²) in [6.07, 6.45) is 0. The number of piperazine rings is 1. The van der Waals surface area contributed by atoms with Crippen molar-refractivity contribution in [1.29, 1.82) is 5.26 Å². The third kappa shape index (κ3) is 3.81. The Morgan fingerprint density at radius 2 is 1.76 bits per heavy atom. The topological polar surface area (TPSA) is 59.4 Å². The van der Waals surface area contributed by atoms with Gasteiger partial charge in [0.1, 0.15) is 6.07 Å². The smallest absolute Gasteiger partial charge is 0.322 e. The number of anilines is 2. The Kier molecular flexibility index (Phi) is 5.32. The molecule has 0 radical (unpaired) electrons. The third-order valence-electron chi connectivity index (χ3n) is 4.13. The van der Waals surface area contributed by atoms with Gasteiger partial charge in [-0.25, -0.2) is 4.79 Å². The zero-order valence-corrected chi connectivity index (χ0v) is 14.9. The van der Waals surface area contributed by atoms with Crippen molar-refractivity contribution < 1.29 is 4.79 Å². The number of hydrogen-bond donors (Lipinski definition) is 1. The average Bonchev–Trinajstić information content (AvgIpc) is 2.64. The predicted molar refractivity (Wildman–Crippen MR) is 100 cm³/mol. The molecule has 25 heavy (non-hydrogen) atoms. The van der Waals surface area contributed by atoms with Crippen molar-refractivity contribution in [2.24, 2.45) is 0 Å². The number of benzene rings is 2. The molecule has 1 aliphatic rings. The Labute approximate surface area is 156 Å². The maximum Gasteiger partial charge on any atom is 0.322 e. The molecule has 0 unspecified atom stereocenters. The minimum absolute atomic E-state index is 0.209. The van der Waals surface area contributed by atoms with Gasteiger partial charge in [0.15, 0.2) is 0 Å². The lowest BCUT2D eigenvalue weighted by Gasteiger charge is -2.36. The van der Waals surface area contributed by atoms with Crippen LogP contribution in [0, 0.1) is 11.3 Å². The monoisotopic (exact) mass is 374 g/mol. The van der Waals surface area contributed by atoms with E-state index in [0.717, 1.165) is 5.69 Å². The summed E-state index contributed by atoms with van der Waals surface area (Å²) in [7, 11) is 0. The van der Waals surface area contributed by atoms with Gasteiger partial charge in [0, 0.05) is 26.2 Å². The Bertz CT molecular complexity index is 826. The number of nitrogens with zero attached hydrogens (tertiary/aromatic N) is 3. The van der Waals surface area contributed by atoms with Gasteiger partial charge >= 0.3 is 6.03 Å². The van der Waals surface area contributed by atoms with Crippen molar-refractivity contribution in [1.82, 2.24) is 4.90 Å². The number of carbonyl (C=O) groups is 1. The van der Waals surface area contributed by atoms with E-state index in [1.165, 1.54) is 0 Å². The highest BCUT2D eigenvalue weighted by Gasteiger charge is 2.23. The van der Waals surface area contributed by atoms with Crippen molar-refractivity contribution in [3.05, 3.63) is 58.1 Å². The molecule has 3 rings (SSSR count). The molecule has 0 bridgehead atoms. The fraction of sp³-hybridized carbons (Fsp3) is 0.222. The second-order valence-corrected chi connectivity index (χ2v) is 6.42. The number of nitriles is 1. The molecule has 7 heteroatoms. The van der Waals surface area contributed by atoms with Gasteiger partial charge in [0.05, 0.1) is 27.0 Å². The highest BCUT2D eigenvalue weighted by molar-refractivity contribution is 6.43. The Morgan fingerprint density at radius 1 is 1.04 bits per heavy atom. The van der Waals surface area contributed by atoms with E-state index in [0.29, 0.717) is 47.5 Å². The van der Waals surface area contributed by atoms with E-state index >= 15 is 0 Å². The summed E-state index contributed by atoms with van der Waals surface area (Å²) in [6, 6.07) is 14.4. The molecular weight excluding hydrogens is 359 g/mol. The van der Waals surface area contributed by atoms with Gasteiger partial charge < -0.3 is 15.1 Å². The van der Waals surface area contributed by atoms with Crippen LogP contribution in [0.25, 0.3) is 0 Å². The van der Waals surface area contributed by atoms with Gasteiger partial charge in [-0.05, 0) is 24.3 Å². The van der Waals surface area contributed by atoms with Crippen LogP contribution >= 0.6 is 23.2 Å². The molecule has 1 heterocycles. The molecule has 0 atom stereocenters. The number of halogens is 2. The van der Waals surface area contributed by atoms with E-state index in [-0.39, 0.29) is 6.03 Å². The van der Waals surface area contributed by atoms with E-state index in [4.69, 9.17) is 28.5 Å². The Balaban J connectivity index is 1.63. The molecule has 2 aromatic carbocycles. The second-order valence-electron chi connectivity index (χ2n) is 5.63. The first-order chi connectivity index (χ1) is 12.1. The zero-order valence-electron chi connectivity index (χ0n) is 13.4. The summed E-state index contributed by atoms with van der Waals surface area (Å²) in [5.74, 6) is 0. The van der Waals surface area contributed by atoms with Crippen molar-refractivity contribution in [3.8, 4) is 6.07 Å². The lowest BCUT2D eigenvalue weighted by atomic mass is 10.2. The molecule has 1 saturated heterocycles. The number of urea groups is 1. The molecule has 0 spiro atoms. The molecular formula is C18H16Cl2N4O. The molecule has 2 amide bonds. The second kappa shape index (κ2) is 7.64. The molecule has 1 aliphatic heterocycles. The molecule has 1 fully saturated rings. The van der Waals surface area contributed by atoms with Crippen molar-refractivity contribution in [2.45, 2.75) is 0 Å². The van der Waals surface area contributed by atoms with Crippen LogP contribution in [0.1, 0.15) is 5.56 Å². The maximum absolute atomic E-state index is 12.4. The van der Waals surface area contributed by atoms with Gasteiger partial charge in [-0.1, -0.05) is 41.4 Å². The number of rotatable bonds is 2. The highest BCUT2D eigenvalue weighted by Crippen LogP contribution is 2.32. The number of amides is 2. The van der Waals surface area contributed by atoms with Gasteiger partial charge in [-0.15, -0.1) is 0 Å². The standard InChI is InChI=1S/C18H16Cl2N4O/c19-14-5-3-7-16(17(14)20)23-8-10-24(11-9-23)18(25)22-15-6-2-1-4-13(15)12-21/h1-7H,8-11H2,(H,22,25). The summed E-state index contributed by atoms with van der Waals surface area (Å²) in [6.45, 7) is 2.44. The molecule has 0 aromatic heterocycles. The van der Waals surface area contributed by atoms with Crippen molar-refractivity contribution in [2.75, 3.05) is 36.4 Å². The van der Waals surface area contributed by atoms with E-state index in [9.17, 15) is 4.79 Å². The van der Waals surface area contributed by atoms with Crippen LogP contribution in [0.15, 0.2) is 42.5 Å². The molecule has 2 aromatic rings. The first kappa shape index (κ1) is 17.4. The lowest BCUT2D eigenvalue weighted by Crippen LogP contribution is -2.50. The van der Waals surface area contributed by atoms with Gasteiger partial charge in [-0.3, -0.25) is 0 Å². The van der Waals surface area contributed by atoms with Crippen LogP contribution in [0.4, 0.5) is 16.2 Å². The van der Waals surface area contributed by atoms with Gasteiger partial charge in [-0.2, -0.15) is 5.26 Å². The Hall–Kier alpha value is -2.42. The molecule has 1 N–H and O–H groups in total. The first-order valence-corrected chi connectivity index (χ1v) is 8.60. The van der Waals surface area contributed by atoms with Gasteiger partial charge in [0.25, 0.3) is 0 Å². The van der Waals surface area contributed by atoms with Crippen LogP contribution in [-0.4, -0.2) is 37.1 Å². The minimum atomic E-state index is -0.209. The minimum Gasteiger partial charge on any atom is -0.367 e. The quantitative estimate of drug-likeness (QED) is 0.855. The number of hydrogen-bond acceptors (Lipinski definition) is 3. The fourth-order valence-electron chi connectivity index (χ4n) is 2.77. The maximum atomic E-state index is 12.4.